The average Bonchev–Trinajstić information content (AvgIpc) is 2.74. The van der Waals surface area contributed by atoms with Gasteiger partial charge in [0.05, 0.1) is 26.8 Å². The molecule has 0 aliphatic carbocycles. The molecule has 4 rings (SSSR count). The molecule has 7 heteroatoms. The van der Waals surface area contributed by atoms with Crippen LogP contribution in [0.5, 0.6) is 5.75 Å². The Morgan fingerprint density at radius 1 is 0.968 bits per heavy atom. The Morgan fingerprint density at radius 2 is 1.65 bits per heavy atom. The van der Waals surface area contributed by atoms with E-state index in [-0.39, 0.29) is 15.6 Å². The number of amides is 1. The first kappa shape index (κ1) is 21.4. The summed E-state index contributed by atoms with van der Waals surface area (Å²) in [4.78, 5) is 17.4. The van der Waals surface area contributed by atoms with Crippen molar-refractivity contribution >= 4 is 57.3 Å². The van der Waals surface area contributed by atoms with Crippen molar-refractivity contribution < 1.29 is 9.53 Å². The summed E-state index contributed by atoms with van der Waals surface area (Å²) in [6, 6.07) is 17.9. The van der Waals surface area contributed by atoms with Gasteiger partial charge in [-0.15, -0.1) is 0 Å². The van der Waals surface area contributed by atoms with Crippen molar-refractivity contribution in [3.63, 3.8) is 0 Å². The number of anilines is 1. The maximum absolute atomic E-state index is 12.8. The van der Waals surface area contributed by atoms with E-state index in [4.69, 9.17) is 39.5 Å². The van der Waals surface area contributed by atoms with Gasteiger partial charge in [0, 0.05) is 22.2 Å². The molecule has 0 spiro atoms. The largest absolute Gasteiger partial charge is 0.488 e. The highest BCUT2D eigenvalue weighted by Crippen LogP contribution is 2.33. The van der Waals surface area contributed by atoms with E-state index >= 15 is 0 Å². The van der Waals surface area contributed by atoms with Crippen LogP contribution in [0.2, 0.25) is 15.1 Å². The molecule has 0 saturated heterocycles. The monoisotopic (exact) mass is 470 g/mol. The topological polar surface area (TPSA) is 51.2 Å². The van der Waals surface area contributed by atoms with E-state index in [1.54, 1.807) is 30.5 Å². The van der Waals surface area contributed by atoms with Crippen LogP contribution in [0.15, 0.2) is 66.9 Å². The maximum atomic E-state index is 12.8. The second-order valence-electron chi connectivity index (χ2n) is 6.94. The standard InChI is InChI=1S/C24H17Cl3N2O2/c1-14-12-28-22-17(23(14)31-13-15-8-10-16(25)11-9-15)4-2-7-20(22)29-24(30)21-18(26)5-3-6-19(21)27/h2-12H,13H2,1H3,(H,29,30). The number of fused-ring (bicyclic) bond motifs is 1. The highest BCUT2D eigenvalue weighted by Gasteiger charge is 2.17. The van der Waals surface area contributed by atoms with Crippen molar-refractivity contribution in [2.45, 2.75) is 13.5 Å². The molecule has 4 aromatic rings. The van der Waals surface area contributed by atoms with E-state index in [0.717, 1.165) is 16.5 Å². The normalized spacial score (nSPS) is 10.8. The Morgan fingerprint density at radius 3 is 2.35 bits per heavy atom. The third kappa shape index (κ3) is 4.62. The molecular weight excluding hydrogens is 455 g/mol. The molecule has 1 aromatic heterocycles. The smallest absolute Gasteiger partial charge is 0.258 e. The lowest BCUT2D eigenvalue weighted by Crippen LogP contribution is -2.13. The third-order valence-electron chi connectivity index (χ3n) is 4.76. The molecule has 3 aromatic carbocycles. The minimum atomic E-state index is -0.408. The number of nitrogens with one attached hydrogen (secondary N) is 1. The zero-order valence-corrected chi connectivity index (χ0v) is 18.7. The molecule has 0 radical (unpaired) electrons. The number of aromatic nitrogens is 1. The molecule has 0 aliphatic rings. The maximum Gasteiger partial charge on any atom is 0.258 e. The van der Waals surface area contributed by atoms with E-state index in [1.807, 2.05) is 43.3 Å². The van der Waals surface area contributed by atoms with Crippen LogP contribution in [0, 0.1) is 6.92 Å². The molecule has 1 heterocycles. The molecule has 0 fully saturated rings. The highest BCUT2D eigenvalue weighted by molar-refractivity contribution is 6.40. The van der Waals surface area contributed by atoms with Crippen LogP contribution in [-0.2, 0) is 6.61 Å². The van der Waals surface area contributed by atoms with Crippen LogP contribution in [0.4, 0.5) is 5.69 Å². The van der Waals surface area contributed by atoms with Crippen LogP contribution in [0.3, 0.4) is 0 Å². The molecule has 0 unspecified atom stereocenters. The summed E-state index contributed by atoms with van der Waals surface area (Å²) in [5.41, 5.74) is 3.24. The molecule has 1 amide bonds. The Labute approximate surface area is 194 Å². The predicted octanol–water partition coefficient (Wildman–Crippen LogP) is 7.33. The molecule has 0 bridgehead atoms. The van der Waals surface area contributed by atoms with Crippen molar-refractivity contribution in [1.82, 2.24) is 4.98 Å². The molecule has 1 N–H and O–H groups in total. The fourth-order valence-corrected chi connectivity index (χ4v) is 3.92. The van der Waals surface area contributed by atoms with Gasteiger partial charge in [0.25, 0.3) is 5.91 Å². The summed E-state index contributed by atoms with van der Waals surface area (Å²) in [6.07, 6.45) is 1.72. The molecule has 4 nitrogen and oxygen atoms in total. The van der Waals surface area contributed by atoms with Crippen LogP contribution < -0.4 is 10.1 Å². The van der Waals surface area contributed by atoms with E-state index in [9.17, 15) is 4.79 Å². The summed E-state index contributed by atoms with van der Waals surface area (Å²) in [5.74, 6) is 0.293. The van der Waals surface area contributed by atoms with E-state index < -0.39 is 5.91 Å². The summed E-state index contributed by atoms with van der Waals surface area (Å²) in [6.45, 7) is 2.31. The fraction of sp³-hybridized carbons (Fsp3) is 0.0833. The van der Waals surface area contributed by atoms with Gasteiger partial charge in [-0.3, -0.25) is 9.78 Å². The number of hydrogen-bond acceptors (Lipinski definition) is 3. The number of aryl methyl sites for hydroxylation is 1. The van der Waals surface area contributed by atoms with Crippen LogP contribution in [0.25, 0.3) is 10.9 Å². The van der Waals surface area contributed by atoms with Gasteiger partial charge in [-0.05, 0) is 48.9 Å². The lowest BCUT2D eigenvalue weighted by Gasteiger charge is -2.15. The Bertz CT molecular complexity index is 1250. The van der Waals surface area contributed by atoms with Crippen molar-refractivity contribution in [3.8, 4) is 5.75 Å². The first-order valence-corrected chi connectivity index (χ1v) is 10.6. The zero-order valence-electron chi connectivity index (χ0n) is 16.5. The van der Waals surface area contributed by atoms with Gasteiger partial charge in [-0.25, -0.2) is 0 Å². The number of para-hydroxylation sites is 1. The van der Waals surface area contributed by atoms with Crippen molar-refractivity contribution in [1.29, 1.82) is 0 Å². The number of benzene rings is 3. The van der Waals surface area contributed by atoms with Crippen LogP contribution >= 0.6 is 34.8 Å². The van der Waals surface area contributed by atoms with Crippen LogP contribution in [-0.4, -0.2) is 10.9 Å². The van der Waals surface area contributed by atoms with Gasteiger partial charge in [0.2, 0.25) is 0 Å². The summed E-state index contributed by atoms with van der Waals surface area (Å²) in [5, 5.41) is 4.89. The van der Waals surface area contributed by atoms with Gasteiger partial charge < -0.3 is 10.1 Å². The SMILES string of the molecule is Cc1cnc2c(NC(=O)c3c(Cl)cccc3Cl)cccc2c1OCc1ccc(Cl)cc1. The van der Waals surface area contributed by atoms with Crippen molar-refractivity contribution in [2.75, 3.05) is 5.32 Å². The minimum Gasteiger partial charge on any atom is -0.488 e. The molecule has 0 aliphatic heterocycles. The summed E-state index contributed by atoms with van der Waals surface area (Å²) in [7, 11) is 0. The summed E-state index contributed by atoms with van der Waals surface area (Å²) < 4.78 is 6.12. The second-order valence-corrected chi connectivity index (χ2v) is 8.19. The average molecular weight is 472 g/mol. The number of halogens is 3. The van der Waals surface area contributed by atoms with E-state index in [2.05, 4.69) is 10.3 Å². The van der Waals surface area contributed by atoms with E-state index in [1.165, 1.54) is 0 Å². The number of pyridine rings is 1. The molecule has 156 valence electrons. The van der Waals surface area contributed by atoms with Gasteiger partial charge in [-0.1, -0.05) is 59.1 Å². The Balaban J connectivity index is 1.66. The number of ether oxygens (including phenoxy) is 1. The predicted molar refractivity (Wildman–Crippen MR) is 127 cm³/mol. The minimum absolute atomic E-state index is 0.217. The zero-order chi connectivity index (χ0) is 22.0. The molecule has 0 saturated carbocycles. The quantitative estimate of drug-likeness (QED) is 0.331. The number of rotatable bonds is 5. The van der Waals surface area contributed by atoms with Gasteiger partial charge in [0.15, 0.2) is 0 Å². The molecule has 31 heavy (non-hydrogen) atoms. The Kier molecular flexibility index (Phi) is 6.33. The lowest BCUT2D eigenvalue weighted by atomic mass is 10.1. The molecule has 0 atom stereocenters. The first-order chi connectivity index (χ1) is 14.9. The van der Waals surface area contributed by atoms with Crippen molar-refractivity contribution in [3.05, 3.63) is 98.6 Å². The fourth-order valence-electron chi connectivity index (χ4n) is 3.23. The third-order valence-corrected chi connectivity index (χ3v) is 5.64. The summed E-state index contributed by atoms with van der Waals surface area (Å²) >= 11 is 18.3. The van der Waals surface area contributed by atoms with Gasteiger partial charge in [-0.2, -0.15) is 0 Å². The van der Waals surface area contributed by atoms with Gasteiger partial charge in [0.1, 0.15) is 12.4 Å². The number of carbonyl (C=O) groups is 1. The molecular formula is C24H17Cl3N2O2. The van der Waals surface area contributed by atoms with Crippen LogP contribution in [0.1, 0.15) is 21.5 Å². The lowest BCUT2D eigenvalue weighted by molar-refractivity contribution is 0.102. The first-order valence-electron chi connectivity index (χ1n) is 9.45. The number of carbonyl (C=O) groups excluding carboxylic acids is 1. The second kappa shape index (κ2) is 9.15. The number of hydrogen-bond donors (Lipinski definition) is 1. The van der Waals surface area contributed by atoms with Gasteiger partial charge >= 0.3 is 0 Å². The Hall–Kier alpha value is -2.79. The highest BCUT2D eigenvalue weighted by atomic mass is 35.5. The van der Waals surface area contributed by atoms with E-state index in [0.29, 0.717) is 28.6 Å². The number of nitrogens with zero attached hydrogens (tertiary/aromatic N) is 1. The van der Waals surface area contributed by atoms with Crippen molar-refractivity contribution in [2.24, 2.45) is 0 Å².